The second kappa shape index (κ2) is 7.22. The second-order valence-electron chi connectivity index (χ2n) is 5.42. The molecule has 0 atom stereocenters. The Morgan fingerprint density at radius 1 is 0.885 bits per heavy atom. The molecule has 8 heteroatoms. The molecule has 0 bridgehead atoms. The Balaban J connectivity index is 1.72. The maximum absolute atomic E-state index is 13.6. The van der Waals surface area contributed by atoms with Crippen molar-refractivity contribution in [2.24, 2.45) is 0 Å². The van der Waals surface area contributed by atoms with Gasteiger partial charge in [-0.1, -0.05) is 18.2 Å². The van der Waals surface area contributed by atoms with Crippen LogP contribution in [-0.4, -0.2) is 16.1 Å². The third kappa shape index (κ3) is 3.64. The van der Waals surface area contributed by atoms with E-state index >= 15 is 0 Å². The maximum Gasteiger partial charge on any atom is 0.257 e. The van der Waals surface area contributed by atoms with E-state index in [1.807, 2.05) is 19.1 Å². The van der Waals surface area contributed by atoms with Crippen molar-refractivity contribution >= 4 is 23.2 Å². The molecule has 3 aromatic rings. The number of nitrogens with zero attached hydrogens (tertiary/aromatic N) is 2. The van der Waals surface area contributed by atoms with Gasteiger partial charge in [0.1, 0.15) is 0 Å². The Hall–Kier alpha value is -3.42. The number of halogens is 3. The Labute approximate surface area is 146 Å². The van der Waals surface area contributed by atoms with E-state index in [4.69, 9.17) is 0 Å². The molecule has 26 heavy (non-hydrogen) atoms. The van der Waals surface area contributed by atoms with Gasteiger partial charge < -0.3 is 10.6 Å². The molecule has 0 unspecified atom stereocenters. The summed E-state index contributed by atoms with van der Waals surface area (Å²) in [5, 5.41) is 12.7. The first kappa shape index (κ1) is 17.4. The SMILES string of the molecule is Cc1ccccc1C(=O)Nc1ccc(Nc2ccc(F)c(F)c2F)nn1. The molecule has 1 aromatic heterocycles. The molecule has 0 radical (unpaired) electrons. The van der Waals surface area contributed by atoms with Gasteiger partial charge in [-0.25, -0.2) is 13.2 Å². The first-order valence-electron chi connectivity index (χ1n) is 7.57. The quantitative estimate of drug-likeness (QED) is 0.686. The molecule has 132 valence electrons. The van der Waals surface area contributed by atoms with E-state index in [0.29, 0.717) is 5.56 Å². The predicted octanol–water partition coefficient (Wildman–Crippen LogP) is 4.20. The lowest BCUT2D eigenvalue weighted by Gasteiger charge is -2.09. The molecule has 3 rings (SSSR count). The van der Waals surface area contributed by atoms with Gasteiger partial charge in [-0.05, 0) is 42.8 Å². The van der Waals surface area contributed by atoms with Crippen molar-refractivity contribution in [1.82, 2.24) is 10.2 Å². The second-order valence-corrected chi connectivity index (χ2v) is 5.42. The normalized spacial score (nSPS) is 10.5. The topological polar surface area (TPSA) is 66.9 Å². The van der Waals surface area contributed by atoms with Crippen molar-refractivity contribution in [2.45, 2.75) is 6.92 Å². The summed E-state index contributed by atoms with van der Waals surface area (Å²) in [4.78, 5) is 12.2. The molecule has 5 nitrogen and oxygen atoms in total. The van der Waals surface area contributed by atoms with Crippen LogP contribution < -0.4 is 10.6 Å². The highest BCUT2D eigenvalue weighted by Gasteiger charge is 2.14. The number of hydrogen-bond acceptors (Lipinski definition) is 4. The zero-order valence-electron chi connectivity index (χ0n) is 13.6. The van der Waals surface area contributed by atoms with Crippen LogP contribution in [0.5, 0.6) is 0 Å². The Bertz CT molecular complexity index is 961. The number of aromatic nitrogens is 2. The van der Waals surface area contributed by atoms with Crippen LogP contribution in [0.3, 0.4) is 0 Å². The van der Waals surface area contributed by atoms with Gasteiger partial charge in [0.05, 0.1) is 5.69 Å². The van der Waals surface area contributed by atoms with Gasteiger partial charge >= 0.3 is 0 Å². The molecular formula is C18H13F3N4O. The summed E-state index contributed by atoms with van der Waals surface area (Å²) in [6.07, 6.45) is 0. The fourth-order valence-electron chi connectivity index (χ4n) is 2.24. The minimum atomic E-state index is -1.58. The molecule has 0 saturated carbocycles. The monoisotopic (exact) mass is 358 g/mol. The lowest BCUT2D eigenvalue weighted by molar-refractivity contribution is 0.102. The van der Waals surface area contributed by atoms with Gasteiger partial charge in [0.2, 0.25) is 0 Å². The number of carbonyl (C=O) groups is 1. The lowest BCUT2D eigenvalue weighted by atomic mass is 10.1. The average molecular weight is 358 g/mol. The van der Waals surface area contributed by atoms with Crippen LogP contribution in [0, 0.1) is 24.4 Å². The molecule has 1 heterocycles. The summed E-state index contributed by atoms with van der Waals surface area (Å²) in [7, 11) is 0. The van der Waals surface area contributed by atoms with E-state index in [1.54, 1.807) is 12.1 Å². The van der Waals surface area contributed by atoms with Gasteiger partial charge in [-0.3, -0.25) is 4.79 Å². The number of aryl methyl sites for hydroxylation is 1. The highest BCUT2D eigenvalue weighted by molar-refractivity contribution is 6.04. The highest BCUT2D eigenvalue weighted by atomic mass is 19.2. The summed E-state index contributed by atoms with van der Waals surface area (Å²) >= 11 is 0. The van der Waals surface area contributed by atoms with Crippen LogP contribution in [0.2, 0.25) is 0 Å². The third-order valence-electron chi connectivity index (χ3n) is 3.59. The number of rotatable bonds is 4. The van der Waals surface area contributed by atoms with Crippen molar-refractivity contribution in [3.8, 4) is 0 Å². The summed E-state index contributed by atoms with van der Waals surface area (Å²) in [6, 6.07) is 11.8. The first-order valence-corrected chi connectivity index (χ1v) is 7.57. The molecule has 0 aliphatic rings. The smallest absolute Gasteiger partial charge is 0.257 e. The zero-order chi connectivity index (χ0) is 18.7. The molecule has 2 N–H and O–H groups in total. The van der Waals surface area contributed by atoms with Crippen LogP contribution >= 0.6 is 0 Å². The Morgan fingerprint density at radius 2 is 1.58 bits per heavy atom. The zero-order valence-corrected chi connectivity index (χ0v) is 13.6. The van der Waals surface area contributed by atoms with Gasteiger partial charge in [-0.15, -0.1) is 10.2 Å². The number of benzene rings is 2. The number of hydrogen-bond donors (Lipinski definition) is 2. The summed E-state index contributed by atoms with van der Waals surface area (Å²) in [6.45, 7) is 1.81. The van der Waals surface area contributed by atoms with E-state index in [9.17, 15) is 18.0 Å². The molecule has 0 aliphatic heterocycles. The standard InChI is InChI=1S/C18H13F3N4O/c1-10-4-2-3-5-11(10)18(26)23-15-9-8-14(24-25-15)22-13-7-6-12(19)16(20)17(13)21/h2-9H,1H3,(H,22,24)(H,23,25,26). The summed E-state index contributed by atoms with van der Waals surface area (Å²) in [5.74, 6) is -4.27. The predicted molar refractivity (Wildman–Crippen MR) is 90.8 cm³/mol. The Kier molecular flexibility index (Phi) is 4.83. The molecular weight excluding hydrogens is 345 g/mol. The number of nitrogens with one attached hydrogen (secondary N) is 2. The molecule has 0 fully saturated rings. The third-order valence-corrected chi connectivity index (χ3v) is 3.59. The van der Waals surface area contributed by atoms with Gasteiger partial charge in [0.15, 0.2) is 29.1 Å². The van der Waals surface area contributed by atoms with E-state index < -0.39 is 17.5 Å². The lowest BCUT2D eigenvalue weighted by Crippen LogP contribution is -2.14. The van der Waals surface area contributed by atoms with Crippen molar-refractivity contribution in [3.05, 3.63) is 77.1 Å². The summed E-state index contributed by atoms with van der Waals surface area (Å²) < 4.78 is 39.8. The van der Waals surface area contributed by atoms with Gasteiger partial charge in [-0.2, -0.15) is 0 Å². The Morgan fingerprint density at radius 3 is 2.27 bits per heavy atom. The van der Waals surface area contributed by atoms with Crippen LogP contribution in [0.25, 0.3) is 0 Å². The van der Waals surface area contributed by atoms with Gasteiger partial charge in [0, 0.05) is 5.56 Å². The van der Waals surface area contributed by atoms with Crippen LogP contribution in [0.1, 0.15) is 15.9 Å². The molecule has 0 saturated heterocycles. The number of amides is 1. The molecule has 0 aliphatic carbocycles. The molecule has 2 aromatic carbocycles. The largest absolute Gasteiger partial charge is 0.336 e. The van der Waals surface area contributed by atoms with E-state index in [-0.39, 0.29) is 23.2 Å². The summed E-state index contributed by atoms with van der Waals surface area (Å²) in [5.41, 5.74) is 1.03. The number of carbonyl (C=O) groups excluding carboxylic acids is 1. The molecule has 0 spiro atoms. The van der Waals surface area contributed by atoms with E-state index in [2.05, 4.69) is 20.8 Å². The fourth-order valence-corrected chi connectivity index (χ4v) is 2.24. The maximum atomic E-state index is 13.6. The average Bonchev–Trinajstić information content (AvgIpc) is 2.64. The van der Waals surface area contributed by atoms with Crippen molar-refractivity contribution < 1.29 is 18.0 Å². The van der Waals surface area contributed by atoms with E-state index in [1.165, 1.54) is 12.1 Å². The fraction of sp³-hybridized carbons (Fsp3) is 0.0556. The van der Waals surface area contributed by atoms with Gasteiger partial charge in [0.25, 0.3) is 5.91 Å². The number of anilines is 3. The minimum Gasteiger partial charge on any atom is -0.336 e. The first-order chi connectivity index (χ1) is 12.5. The van der Waals surface area contributed by atoms with Crippen LogP contribution in [0.15, 0.2) is 48.5 Å². The van der Waals surface area contributed by atoms with Crippen molar-refractivity contribution in [3.63, 3.8) is 0 Å². The van der Waals surface area contributed by atoms with Crippen molar-refractivity contribution in [2.75, 3.05) is 10.6 Å². The van der Waals surface area contributed by atoms with Crippen molar-refractivity contribution in [1.29, 1.82) is 0 Å². The van der Waals surface area contributed by atoms with E-state index in [0.717, 1.165) is 17.7 Å². The van der Waals surface area contributed by atoms with Crippen LogP contribution in [-0.2, 0) is 0 Å². The minimum absolute atomic E-state index is 0.101. The molecule has 1 amide bonds. The highest BCUT2D eigenvalue weighted by Crippen LogP contribution is 2.22. The van der Waals surface area contributed by atoms with Crippen LogP contribution in [0.4, 0.5) is 30.5 Å².